The van der Waals surface area contributed by atoms with Crippen LogP contribution in [0.25, 0.3) is 0 Å². The number of rotatable bonds is 6. The first kappa shape index (κ1) is 11.9. The fourth-order valence-corrected chi connectivity index (χ4v) is 0.691. The number of aliphatic hydroxyl groups excluding tert-OH is 1. The molecular weight excluding hydrogens is 176 g/mol. The summed E-state index contributed by atoms with van der Waals surface area (Å²) >= 11 is 0. The van der Waals surface area contributed by atoms with E-state index in [1.54, 1.807) is 0 Å². The van der Waals surface area contributed by atoms with E-state index in [1.807, 2.05) is 0 Å². The second-order valence-corrected chi connectivity index (χ2v) is 2.53. The minimum atomic E-state index is -1.42. The molecule has 0 aromatic heterocycles. The Morgan fingerprint density at radius 2 is 2.08 bits per heavy atom. The summed E-state index contributed by atoms with van der Waals surface area (Å²) < 4.78 is 0. The van der Waals surface area contributed by atoms with Crippen LogP contribution in [-0.2, 0) is 9.59 Å². The van der Waals surface area contributed by atoms with Gasteiger partial charge in [-0.3, -0.25) is 4.79 Å². The van der Waals surface area contributed by atoms with Gasteiger partial charge in [-0.2, -0.15) is 0 Å². The third-order valence-electron chi connectivity index (χ3n) is 1.40. The average molecular weight is 190 g/mol. The van der Waals surface area contributed by atoms with Crippen LogP contribution in [0, 0.1) is 0 Å². The molecule has 0 saturated heterocycles. The lowest BCUT2D eigenvalue weighted by Gasteiger charge is -2.06. The Kier molecular flexibility index (Phi) is 5.82. The van der Waals surface area contributed by atoms with E-state index in [4.69, 9.17) is 15.9 Å². The molecule has 0 aromatic carbocycles. The quantitative estimate of drug-likeness (QED) is 0.398. The van der Waals surface area contributed by atoms with Crippen molar-refractivity contribution in [2.45, 2.75) is 18.9 Å². The summed E-state index contributed by atoms with van der Waals surface area (Å²) in [5.74, 6) is -1.52. The first-order valence-electron chi connectivity index (χ1n) is 3.95. The van der Waals surface area contributed by atoms with Crippen molar-refractivity contribution >= 4 is 11.9 Å². The topological polar surface area (TPSA) is 113 Å². The van der Waals surface area contributed by atoms with Crippen molar-refractivity contribution in [3.63, 3.8) is 0 Å². The summed E-state index contributed by atoms with van der Waals surface area (Å²) in [5.41, 5.74) is 5.10. The normalized spacial score (nSPS) is 12.2. The van der Waals surface area contributed by atoms with Gasteiger partial charge in [0.05, 0.1) is 0 Å². The molecule has 1 atom stereocenters. The van der Waals surface area contributed by atoms with Gasteiger partial charge in [0.15, 0.2) is 6.10 Å². The highest BCUT2D eigenvalue weighted by atomic mass is 16.4. The number of carboxylic acids is 1. The molecule has 0 aliphatic carbocycles. The Morgan fingerprint density at radius 3 is 2.54 bits per heavy atom. The smallest absolute Gasteiger partial charge is 0.332 e. The molecule has 0 saturated carbocycles. The van der Waals surface area contributed by atoms with Gasteiger partial charge in [0.1, 0.15) is 0 Å². The molecule has 1 amide bonds. The van der Waals surface area contributed by atoms with E-state index in [1.165, 1.54) is 0 Å². The first-order chi connectivity index (χ1) is 6.07. The van der Waals surface area contributed by atoms with Crippen LogP contribution in [0.3, 0.4) is 0 Å². The number of carbonyl (C=O) groups is 2. The van der Waals surface area contributed by atoms with Gasteiger partial charge in [-0.1, -0.05) is 0 Å². The average Bonchev–Trinajstić information content (AvgIpc) is 2.04. The second kappa shape index (κ2) is 6.38. The van der Waals surface area contributed by atoms with Crippen molar-refractivity contribution in [2.75, 3.05) is 13.1 Å². The van der Waals surface area contributed by atoms with Crippen LogP contribution in [0.5, 0.6) is 0 Å². The highest BCUT2D eigenvalue weighted by Crippen LogP contribution is 1.89. The van der Waals surface area contributed by atoms with Gasteiger partial charge < -0.3 is 21.3 Å². The molecule has 0 fully saturated rings. The van der Waals surface area contributed by atoms with E-state index in [2.05, 4.69) is 5.32 Å². The second-order valence-electron chi connectivity index (χ2n) is 2.53. The van der Waals surface area contributed by atoms with Crippen molar-refractivity contribution in [1.82, 2.24) is 5.32 Å². The van der Waals surface area contributed by atoms with E-state index in [0.717, 1.165) is 0 Å². The summed E-state index contributed by atoms with van der Waals surface area (Å²) in [7, 11) is 0. The third kappa shape index (κ3) is 6.06. The van der Waals surface area contributed by atoms with Gasteiger partial charge in [-0.15, -0.1) is 0 Å². The molecule has 6 heteroatoms. The number of nitrogens with one attached hydrogen (secondary N) is 1. The Hall–Kier alpha value is -1.14. The zero-order valence-electron chi connectivity index (χ0n) is 7.19. The maximum absolute atomic E-state index is 10.8. The van der Waals surface area contributed by atoms with Crippen molar-refractivity contribution in [1.29, 1.82) is 0 Å². The molecule has 0 aliphatic rings. The van der Waals surface area contributed by atoms with Crippen LogP contribution in [0.4, 0.5) is 0 Å². The molecule has 1 unspecified atom stereocenters. The van der Waals surface area contributed by atoms with Crippen molar-refractivity contribution < 1.29 is 19.8 Å². The van der Waals surface area contributed by atoms with Crippen molar-refractivity contribution in [3.05, 3.63) is 0 Å². The predicted octanol–water partition coefficient (Wildman–Crippen LogP) is -1.71. The Balaban J connectivity index is 3.44. The van der Waals surface area contributed by atoms with Crippen LogP contribution in [0.2, 0.25) is 0 Å². The molecule has 0 aromatic rings. The Bertz CT molecular complexity index is 183. The number of aliphatic carboxylic acids is 1. The third-order valence-corrected chi connectivity index (χ3v) is 1.40. The fourth-order valence-electron chi connectivity index (χ4n) is 0.691. The lowest BCUT2D eigenvalue weighted by Crippen LogP contribution is -2.30. The largest absolute Gasteiger partial charge is 0.479 e. The van der Waals surface area contributed by atoms with Crippen LogP contribution >= 0.6 is 0 Å². The number of hydrogen-bond acceptors (Lipinski definition) is 4. The molecule has 0 heterocycles. The number of amides is 1. The molecule has 0 radical (unpaired) electrons. The number of hydrogen-bond donors (Lipinski definition) is 4. The number of carbonyl (C=O) groups excluding carboxylic acids is 1. The monoisotopic (exact) mass is 190 g/mol. The van der Waals surface area contributed by atoms with Crippen LogP contribution < -0.4 is 11.1 Å². The maximum atomic E-state index is 10.8. The zero-order chi connectivity index (χ0) is 10.3. The molecule has 0 bridgehead atoms. The summed E-state index contributed by atoms with van der Waals surface area (Å²) in [5, 5.41) is 19.5. The fraction of sp³-hybridized carbons (Fsp3) is 0.714. The van der Waals surface area contributed by atoms with E-state index >= 15 is 0 Å². The van der Waals surface area contributed by atoms with E-state index in [0.29, 0.717) is 0 Å². The van der Waals surface area contributed by atoms with Gasteiger partial charge >= 0.3 is 5.97 Å². The summed E-state index contributed by atoms with van der Waals surface area (Å²) in [6.07, 6.45) is -1.20. The van der Waals surface area contributed by atoms with Crippen LogP contribution in [-0.4, -0.2) is 41.3 Å². The van der Waals surface area contributed by atoms with Gasteiger partial charge in [-0.25, -0.2) is 4.79 Å². The van der Waals surface area contributed by atoms with E-state index < -0.39 is 12.1 Å². The summed E-state index contributed by atoms with van der Waals surface area (Å²) in [6, 6.07) is 0. The lowest BCUT2D eigenvalue weighted by molar-refractivity contribution is -0.147. The Morgan fingerprint density at radius 1 is 1.46 bits per heavy atom. The molecule has 6 nitrogen and oxygen atoms in total. The van der Waals surface area contributed by atoms with Gasteiger partial charge in [-0.05, 0) is 0 Å². The van der Waals surface area contributed by atoms with E-state index in [9.17, 15) is 9.59 Å². The molecule has 0 aliphatic heterocycles. The minimum Gasteiger partial charge on any atom is -0.479 e. The molecule has 5 N–H and O–H groups in total. The molecule has 0 rings (SSSR count). The maximum Gasteiger partial charge on any atom is 0.332 e. The van der Waals surface area contributed by atoms with Crippen LogP contribution in [0.15, 0.2) is 0 Å². The Labute approximate surface area is 75.7 Å². The molecule has 0 spiro atoms. The zero-order valence-corrected chi connectivity index (χ0v) is 7.19. The molecular formula is C7H14N2O4. The summed E-state index contributed by atoms with van der Waals surface area (Å²) in [4.78, 5) is 20.9. The number of carboxylic acid groups (broad SMARTS) is 1. The van der Waals surface area contributed by atoms with Gasteiger partial charge in [0.25, 0.3) is 0 Å². The van der Waals surface area contributed by atoms with Crippen molar-refractivity contribution in [3.8, 4) is 0 Å². The lowest BCUT2D eigenvalue weighted by atomic mass is 10.2. The highest BCUT2D eigenvalue weighted by Gasteiger charge is 2.12. The predicted molar refractivity (Wildman–Crippen MR) is 44.9 cm³/mol. The number of aliphatic hydroxyl groups is 1. The molecule has 13 heavy (non-hydrogen) atoms. The summed E-state index contributed by atoms with van der Waals surface area (Å²) in [6.45, 7) is 0.402. The molecule has 76 valence electrons. The standard InChI is InChI=1S/C7H14N2O4/c8-3-1-6(11)9-4-2-5(10)7(12)13/h5,10H,1-4,8H2,(H,9,11)(H,12,13). The van der Waals surface area contributed by atoms with Gasteiger partial charge in [0.2, 0.25) is 5.91 Å². The SMILES string of the molecule is NCCC(=O)NCCC(O)C(=O)O. The number of nitrogens with two attached hydrogens (primary N) is 1. The minimum absolute atomic E-state index is 0.00560. The van der Waals surface area contributed by atoms with Crippen molar-refractivity contribution in [2.24, 2.45) is 5.73 Å². The highest BCUT2D eigenvalue weighted by molar-refractivity contribution is 5.76. The van der Waals surface area contributed by atoms with Gasteiger partial charge in [0, 0.05) is 25.9 Å². The van der Waals surface area contributed by atoms with E-state index in [-0.39, 0.29) is 31.8 Å². The van der Waals surface area contributed by atoms with Crippen LogP contribution in [0.1, 0.15) is 12.8 Å². The first-order valence-corrected chi connectivity index (χ1v) is 3.95.